The number of hydrogen-bond donors (Lipinski definition) is 1. The van der Waals surface area contributed by atoms with Crippen molar-refractivity contribution >= 4 is 38.3 Å². The Morgan fingerprint density at radius 3 is 2.73 bits per heavy atom. The average Bonchev–Trinajstić information content (AvgIpc) is 3.09. The lowest BCUT2D eigenvalue weighted by atomic mass is 10.2. The molecule has 0 atom stereocenters. The van der Waals surface area contributed by atoms with Crippen LogP contribution in [0.2, 0.25) is 0 Å². The van der Waals surface area contributed by atoms with E-state index < -0.39 is 0 Å². The van der Waals surface area contributed by atoms with E-state index in [0.29, 0.717) is 16.6 Å². The standard InChI is InChI=1S/C19H16BrFN2O2S/c1-2-12-3-8-17(15(20)9-12)25-10-18(24)23-19-22-16(11-26-19)13-4-6-14(21)7-5-13/h3-9,11H,2,10H2,1H3,(H,22,23,24). The summed E-state index contributed by atoms with van der Waals surface area (Å²) in [5, 5.41) is 4.99. The lowest BCUT2D eigenvalue weighted by Crippen LogP contribution is -2.20. The molecule has 1 amide bonds. The van der Waals surface area contributed by atoms with Crippen LogP contribution in [0.3, 0.4) is 0 Å². The summed E-state index contributed by atoms with van der Waals surface area (Å²) in [4.78, 5) is 16.4. The molecule has 2 aromatic carbocycles. The SMILES string of the molecule is CCc1ccc(OCC(=O)Nc2nc(-c3ccc(F)cc3)cs2)c(Br)c1. The first kappa shape index (κ1) is 18.5. The third kappa shape index (κ3) is 4.68. The largest absolute Gasteiger partial charge is 0.483 e. The molecule has 0 unspecified atom stereocenters. The first-order valence-electron chi connectivity index (χ1n) is 7.97. The van der Waals surface area contributed by atoms with Gasteiger partial charge in [-0.2, -0.15) is 0 Å². The van der Waals surface area contributed by atoms with E-state index in [1.807, 2.05) is 23.6 Å². The summed E-state index contributed by atoms with van der Waals surface area (Å²) in [7, 11) is 0. The van der Waals surface area contributed by atoms with E-state index in [4.69, 9.17) is 4.74 Å². The molecule has 0 aliphatic carbocycles. The predicted octanol–water partition coefficient (Wildman–Crippen LogP) is 5.29. The zero-order valence-electron chi connectivity index (χ0n) is 14.0. The number of amides is 1. The van der Waals surface area contributed by atoms with Crippen molar-refractivity contribution in [2.24, 2.45) is 0 Å². The van der Waals surface area contributed by atoms with Crippen LogP contribution in [0.25, 0.3) is 11.3 Å². The smallest absolute Gasteiger partial charge is 0.264 e. The van der Waals surface area contributed by atoms with Crippen LogP contribution in [0.4, 0.5) is 9.52 Å². The molecule has 1 aromatic heterocycles. The van der Waals surface area contributed by atoms with Crippen LogP contribution < -0.4 is 10.1 Å². The first-order valence-corrected chi connectivity index (χ1v) is 9.65. The van der Waals surface area contributed by atoms with Crippen LogP contribution >= 0.6 is 27.3 Å². The van der Waals surface area contributed by atoms with Crippen LogP contribution in [0.15, 0.2) is 52.3 Å². The van der Waals surface area contributed by atoms with Gasteiger partial charge >= 0.3 is 0 Å². The van der Waals surface area contributed by atoms with Crippen molar-refractivity contribution in [1.29, 1.82) is 0 Å². The maximum absolute atomic E-state index is 13.0. The molecular weight excluding hydrogens is 419 g/mol. The van der Waals surface area contributed by atoms with Gasteiger partial charge in [-0.3, -0.25) is 10.1 Å². The summed E-state index contributed by atoms with van der Waals surface area (Å²) in [6.07, 6.45) is 0.930. The van der Waals surface area contributed by atoms with Crippen LogP contribution in [0.5, 0.6) is 5.75 Å². The number of anilines is 1. The molecule has 3 aromatic rings. The van der Waals surface area contributed by atoms with Gasteiger partial charge in [0.1, 0.15) is 11.6 Å². The van der Waals surface area contributed by atoms with Crippen molar-refractivity contribution in [3.05, 3.63) is 63.7 Å². The Hall–Kier alpha value is -2.25. The van der Waals surface area contributed by atoms with E-state index in [1.165, 1.54) is 29.0 Å². The van der Waals surface area contributed by atoms with Gasteiger partial charge in [0.05, 0.1) is 10.2 Å². The minimum atomic E-state index is -0.298. The van der Waals surface area contributed by atoms with Gasteiger partial charge in [-0.25, -0.2) is 9.37 Å². The molecule has 134 valence electrons. The Morgan fingerprint density at radius 1 is 1.27 bits per heavy atom. The molecule has 0 aliphatic heterocycles. The fourth-order valence-electron chi connectivity index (χ4n) is 2.26. The lowest BCUT2D eigenvalue weighted by Gasteiger charge is -2.09. The molecule has 0 spiro atoms. The van der Waals surface area contributed by atoms with E-state index in [1.54, 1.807) is 12.1 Å². The highest BCUT2D eigenvalue weighted by Gasteiger charge is 2.10. The summed E-state index contributed by atoms with van der Waals surface area (Å²) in [5.74, 6) is 0.0211. The number of aryl methyl sites for hydroxylation is 1. The molecule has 0 saturated carbocycles. The third-order valence-electron chi connectivity index (χ3n) is 3.65. The molecule has 4 nitrogen and oxygen atoms in total. The molecule has 0 bridgehead atoms. The molecule has 0 saturated heterocycles. The number of benzene rings is 2. The molecule has 1 N–H and O–H groups in total. The molecule has 3 rings (SSSR count). The molecule has 1 heterocycles. The molecule has 0 aliphatic rings. The van der Waals surface area contributed by atoms with Crippen LogP contribution in [0, 0.1) is 5.82 Å². The van der Waals surface area contributed by atoms with Gasteiger partial charge in [-0.15, -0.1) is 11.3 Å². The third-order valence-corrected chi connectivity index (χ3v) is 5.03. The van der Waals surface area contributed by atoms with E-state index in [2.05, 4.69) is 33.2 Å². The Labute approximate surface area is 163 Å². The number of carbonyl (C=O) groups is 1. The number of ether oxygens (including phenoxy) is 1. The van der Waals surface area contributed by atoms with Crippen LogP contribution in [0.1, 0.15) is 12.5 Å². The number of rotatable bonds is 6. The van der Waals surface area contributed by atoms with E-state index in [0.717, 1.165) is 16.5 Å². The van der Waals surface area contributed by atoms with Crippen molar-refractivity contribution in [2.45, 2.75) is 13.3 Å². The van der Waals surface area contributed by atoms with Crippen molar-refractivity contribution in [2.75, 3.05) is 11.9 Å². The van der Waals surface area contributed by atoms with E-state index in [9.17, 15) is 9.18 Å². The van der Waals surface area contributed by atoms with E-state index >= 15 is 0 Å². The number of aromatic nitrogens is 1. The number of nitrogens with one attached hydrogen (secondary N) is 1. The summed E-state index contributed by atoms with van der Waals surface area (Å²) in [6, 6.07) is 11.8. The Bertz CT molecular complexity index is 912. The van der Waals surface area contributed by atoms with Gasteiger partial charge in [0, 0.05) is 10.9 Å². The number of halogens is 2. The van der Waals surface area contributed by atoms with Crippen molar-refractivity contribution in [3.63, 3.8) is 0 Å². The minimum Gasteiger partial charge on any atom is -0.483 e. The highest BCUT2D eigenvalue weighted by molar-refractivity contribution is 9.10. The van der Waals surface area contributed by atoms with Gasteiger partial charge < -0.3 is 4.74 Å². The second-order valence-corrected chi connectivity index (χ2v) is 7.21. The van der Waals surface area contributed by atoms with Gasteiger partial charge in [0.15, 0.2) is 11.7 Å². The maximum Gasteiger partial charge on any atom is 0.264 e. The number of nitrogens with zero attached hydrogens (tertiary/aromatic N) is 1. The zero-order valence-corrected chi connectivity index (χ0v) is 16.4. The van der Waals surface area contributed by atoms with Crippen LogP contribution in [-0.2, 0) is 11.2 Å². The molecule has 7 heteroatoms. The molecule has 0 radical (unpaired) electrons. The number of hydrogen-bond acceptors (Lipinski definition) is 4. The highest BCUT2D eigenvalue weighted by Crippen LogP contribution is 2.27. The quantitative estimate of drug-likeness (QED) is 0.573. The molecular formula is C19H16BrFN2O2S. The summed E-state index contributed by atoms with van der Waals surface area (Å²) < 4.78 is 19.4. The topological polar surface area (TPSA) is 51.2 Å². The fourth-order valence-corrected chi connectivity index (χ4v) is 3.54. The van der Waals surface area contributed by atoms with Gasteiger partial charge in [0.25, 0.3) is 5.91 Å². The van der Waals surface area contributed by atoms with Crippen molar-refractivity contribution in [1.82, 2.24) is 4.98 Å². The lowest BCUT2D eigenvalue weighted by molar-refractivity contribution is -0.118. The van der Waals surface area contributed by atoms with Crippen LogP contribution in [-0.4, -0.2) is 17.5 Å². The number of carbonyl (C=O) groups excluding carboxylic acids is 1. The fraction of sp³-hybridized carbons (Fsp3) is 0.158. The second kappa shape index (κ2) is 8.42. The average molecular weight is 435 g/mol. The Balaban J connectivity index is 1.58. The summed E-state index contributed by atoms with van der Waals surface area (Å²) >= 11 is 4.75. The zero-order chi connectivity index (χ0) is 18.5. The Morgan fingerprint density at radius 2 is 2.04 bits per heavy atom. The monoisotopic (exact) mass is 434 g/mol. The molecule has 0 fully saturated rings. The van der Waals surface area contributed by atoms with Gasteiger partial charge in [-0.05, 0) is 64.3 Å². The van der Waals surface area contributed by atoms with Gasteiger partial charge in [-0.1, -0.05) is 13.0 Å². The summed E-state index contributed by atoms with van der Waals surface area (Å²) in [5.41, 5.74) is 2.66. The van der Waals surface area contributed by atoms with Crippen molar-refractivity contribution in [3.8, 4) is 17.0 Å². The van der Waals surface area contributed by atoms with Gasteiger partial charge in [0.2, 0.25) is 0 Å². The maximum atomic E-state index is 13.0. The highest BCUT2D eigenvalue weighted by atomic mass is 79.9. The Kier molecular flexibility index (Phi) is 6.00. The minimum absolute atomic E-state index is 0.116. The normalized spacial score (nSPS) is 10.6. The summed E-state index contributed by atoms with van der Waals surface area (Å²) in [6.45, 7) is 1.96. The van der Waals surface area contributed by atoms with Crippen molar-refractivity contribution < 1.29 is 13.9 Å². The predicted molar refractivity (Wildman–Crippen MR) is 105 cm³/mol. The van der Waals surface area contributed by atoms with E-state index in [-0.39, 0.29) is 18.3 Å². The number of thiazole rings is 1. The molecule has 26 heavy (non-hydrogen) atoms. The second-order valence-electron chi connectivity index (χ2n) is 5.50. The first-order chi connectivity index (χ1) is 12.5.